The molecule has 4 N–H and O–H groups in total. The number of hydrogen-bond donors (Lipinski definition) is 3. The molecule has 4 heteroatoms. The summed E-state index contributed by atoms with van der Waals surface area (Å²) in [6.45, 7) is 3.98. The van der Waals surface area contributed by atoms with Gasteiger partial charge in [-0.1, -0.05) is 33.1 Å². The van der Waals surface area contributed by atoms with Crippen LogP contribution in [0.3, 0.4) is 0 Å². The Morgan fingerprint density at radius 3 is 2.44 bits per heavy atom. The van der Waals surface area contributed by atoms with Crippen molar-refractivity contribution in [3.05, 3.63) is 0 Å². The normalized spacial score (nSPS) is 25.6. The first-order chi connectivity index (χ1) is 8.58. The summed E-state index contributed by atoms with van der Waals surface area (Å²) in [5.74, 6) is -0.0568. The van der Waals surface area contributed by atoms with Crippen molar-refractivity contribution in [2.24, 2.45) is 11.7 Å². The largest absolute Gasteiger partial charge is 0.394 e. The summed E-state index contributed by atoms with van der Waals surface area (Å²) in [6.07, 6.45) is 6.67. The summed E-state index contributed by atoms with van der Waals surface area (Å²) in [6, 6.07) is -0.0300. The highest BCUT2D eigenvalue weighted by atomic mass is 16.3. The molecule has 1 rings (SSSR count). The maximum atomic E-state index is 12.4. The number of hydrogen-bond acceptors (Lipinski definition) is 3. The average Bonchev–Trinajstić information content (AvgIpc) is 2.60. The molecule has 0 aromatic carbocycles. The molecule has 2 unspecified atom stereocenters. The van der Waals surface area contributed by atoms with Gasteiger partial charge in [-0.15, -0.1) is 0 Å². The molecule has 106 valence electrons. The molecule has 0 saturated heterocycles. The van der Waals surface area contributed by atoms with Gasteiger partial charge >= 0.3 is 0 Å². The molecule has 4 nitrogen and oxygen atoms in total. The van der Waals surface area contributed by atoms with Crippen LogP contribution in [-0.2, 0) is 4.79 Å². The lowest BCUT2D eigenvalue weighted by molar-refractivity contribution is -0.128. The Morgan fingerprint density at radius 1 is 1.28 bits per heavy atom. The van der Waals surface area contributed by atoms with Crippen LogP contribution in [0.1, 0.15) is 58.8 Å². The maximum absolute atomic E-state index is 12.4. The number of nitrogens with two attached hydrogens (primary N) is 1. The Balaban J connectivity index is 2.67. The van der Waals surface area contributed by atoms with Crippen molar-refractivity contribution in [3.8, 4) is 0 Å². The molecular formula is C14H28N2O2. The highest BCUT2D eigenvalue weighted by Gasteiger charge is 2.33. The van der Waals surface area contributed by atoms with Gasteiger partial charge in [-0.05, 0) is 25.7 Å². The number of carbonyl (C=O) groups is 1. The van der Waals surface area contributed by atoms with Crippen LogP contribution in [0.25, 0.3) is 0 Å². The van der Waals surface area contributed by atoms with E-state index in [2.05, 4.69) is 5.32 Å². The Bertz CT molecular complexity index is 256. The van der Waals surface area contributed by atoms with Crippen LogP contribution in [0.15, 0.2) is 0 Å². The van der Waals surface area contributed by atoms with Crippen molar-refractivity contribution >= 4 is 5.91 Å². The summed E-state index contributed by atoms with van der Waals surface area (Å²) in [7, 11) is 0. The van der Waals surface area contributed by atoms with Gasteiger partial charge in [-0.25, -0.2) is 0 Å². The molecule has 0 aromatic heterocycles. The van der Waals surface area contributed by atoms with Gasteiger partial charge in [0, 0.05) is 6.04 Å². The molecule has 0 aromatic rings. The topological polar surface area (TPSA) is 75.3 Å². The van der Waals surface area contributed by atoms with Crippen LogP contribution < -0.4 is 11.1 Å². The molecular weight excluding hydrogens is 228 g/mol. The van der Waals surface area contributed by atoms with Gasteiger partial charge in [0.05, 0.1) is 18.1 Å². The molecule has 1 fully saturated rings. The second-order valence-corrected chi connectivity index (χ2v) is 5.54. The first-order valence-electron chi connectivity index (χ1n) is 7.27. The Kier molecular flexibility index (Phi) is 6.09. The molecule has 2 atom stereocenters. The Hall–Kier alpha value is -0.610. The average molecular weight is 256 g/mol. The number of amides is 1. The highest BCUT2D eigenvalue weighted by Crippen LogP contribution is 2.24. The Morgan fingerprint density at radius 2 is 1.89 bits per heavy atom. The van der Waals surface area contributed by atoms with E-state index in [1.54, 1.807) is 0 Å². The lowest BCUT2D eigenvalue weighted by atomic mass is 9.89. The fourth-order valence-corrected chi connectivity index (χ4v) is 2.71. The zero-order valence-corrected chi connectivity index (χ0v) is 11.7. The minimum Gasteiger partial charge on any atom is -0.394 e. The number of nitrogens with one attached hydrogen (secondary N) is 1. The minimum absolute atomic E-state index is 0.00625. The number of rotatable bonds is 5. The molecule has 0 radical (unpaired) electrons. The molecule has 0 bridgehead atoms. The van der Waals surface area contributed by atoms with Gasteiger partial charge in [-0.2, -0.15) is 0 Å². The summed E-state index contributed by atoms with van der Waals surface area (Å²) >= 11 is 0. The summed E-state index contributed by atoms with van der Waals surface area (Å²) < 4.78 is 0. The van der Waals surface area contributed by atoms with Gasteiger partial charge in [0.1, 0.15) is 0 Å². The predicted octanol–water partition coefficient (Wildman–Crippen LogP) is 1.56. The van der Waals surface area contributed by atoms with E-state index in [4.69, 9.17) is 5.73 Å². The van der Waals surface area contributed by atoms with Crippen LogP contribution in [-0.4, -0.2) is 29.2 Å². The van der Waals surface area contributed by atoms with Crippen molar-refractivity contribution in [2.45, 2.75) is 70.4 Å². The van der Waals surface area contributed by atoms with Crippen LogP contribution in [0.4, 0.5) is 0 Å². The van der Waals surface area contributed by atoms with Gasteiger partial charge in [0.2, 0.25) is 5.91 Å². The van der Waals surface area contributed by atoms with Crippen molar-refractivity contribution in [3.63, 3.8) is 0 Å². The van der Waals surface area contributed by atoms with Crippen molar-refractivity contribution in [1.29, 1.82) is 0 Å². The first-order valence-corrected chi connectivity index (χ1v) is 7.27. The number of aliphatic hydroxyl groups is 1. The van der Waals surface area contributed by atoms with Gasteiger partial charge in [-0.3, -0.25) is 4.79 Å². The van der Waals surface area contributed by atoms with E-state index in [0.29, 0.717) is 0 Å². The van der Waals surface area contributed by atoms with Crippen molar-refractivity contribution in [2.75, 3.05) is 6.61 Å². The monoisotopic (exact) mass is 256 g/mol. The minimum atomic E-state index is -0.469. The standard InChI is InChI=1S/C14H28N2O2/c1-3-14(4-2,10-17)16-13(18)11-8-6-5-7-9-12(11)15/h11-12,17H,3-10,15H2,1-2H3,(H,16,18). The van der Waals surface area contributed by atoms with E-state index < -0.39 is 5.54 Å². The maximum Gasteiger partial charge on any atom is 0.225 e. The molecule has 0 aliphatic heterocycles. The number of aliphatic hydroxyl groups excluding tert-OH is 1. The van der Waals surface area contributed by atoms with Crippen LogP contribution in [0, 0.1) is 5.92 Å². The molecule has 1 amide bonds. The second-order valence-electron chi connectivity index (χ2n) is 5.54. The first kappa shape index (κ1) is 15.4. The lowest BCUT2D eigenvalue weighted by Crippen LogP contribution is -2.54. The predicted molar refractivity (Wildman–Crippen MR) is 73.1 cm³/mol. The van der Waals surface area contributed by atoms with Crippen molar-refractivity contribution < 1.29 is 9.90 Å². The third-order valence-electron chi connectivity index (χ3n) is 4.45. The van der Waals surface area contributed by atoms with Gasteiger partial charge in [0.15, 0.2) is 0 Å². The van der Waals surface area contributed by atoms with Gasteiger partial charge < -0.3 is 16.2 Å². The number of carbonyl (C=O) groups excluding carboxylic acids is 1. The fraction of sp³-hybridized carbons (Fsp3) is 0.929. The van der Waals surface area contributed by atoms with Crippen LogP contribution >= 0.6 is 0 Å². The van der Waals surface area contributed by atoms with Gasteiger partial charge in [0.25, 0.3) is 0 Å². The molecule has 1 saturated carbocycles. The molecule has 1 aliphatic carbocycles. The highest BCUT2D eigenvalue weighted by molar-refractivity contribution is 5.80. The fourth-order valence-electron chi connectivity index (χ4n) is 2.71. The third-order valence-corrected chi connectivity index (χ3v) is 4.45. The zero-order valence-electron chi connectivity index (χ0n) is 11.7. The zero-order chi connectivity index (χ0) is 13.6. The van der Waals surface area contributed by atoms with Crippen LogP contribution in [0.5, 0.6) is 0 Å². The Labute approximate surface area is 110 Å². The summed E-state index contributed by atoms with van der Waals surface area (Å²) in [5, 5.41) is 12.5. The van der Waals surface area contributed by atoms with E-state index in [0.717, 1.165) is 38.5 Å². The lowest BCUT2D eigenvalue weighted by Gasteiger charge is -2.33. The summed E-state index contributed by atoms with van der Waals surface area (Å²) in [4.78, 5) is 12.4. The van der Waals surface area contributed by atoms with E-state index >= 15 is 0 Å². The van der Waals surface area contributed by atoms with Crippen LogP contribution in [0.2, 0.25) is 0 Å². The second kappa shape index (κ2) is 7.10. The SMILES string of the molecule is CCC(CC)(CO)NC(=O)C1CCCCCC1N. The molecule has 0 spiro atoms. The van der Waals surface area contributed by atoms with E-state index in [9.17, 15) is 9.90 Å². The molecule has 18 heavy (non-hydrogen) atoms. The third kappa shape index (κ3) is 3.69. The van der Waals surface area contributed by atoms with E-state index in [1.165, 1.54) is 6.42 Å². The van der Waals surface area contributed by atoms with E-state index in [1.807, 2.05) is 13.8 Å². The quantitative estimate of drug-likeness (QED) is 0.653. The smallest absolute Gasteiger partial charge is 0.225 e. The summed E-state index contributed by atoms with van der Waals surface area (Å²) in [5.41, 5.74) is 5.63. The van der Waals surface area contributed by atoms with Crippen molar-refractivity contribution in [1.82, 2.24) is 5.32 Å². The molecule has 0 heterocycles. The molecule has 1 aliphatic rings. The van der Waals surface area contributed by atoms with E-state index in [-0.39, 0.29) is 24.5 Å².